The summed E-state index contributed by atoms with van der Waals surface area (Å²) in [6.07, 6.45) is 0. The SMILES string of the molecule is [C-]#[N+]c1cccc(C#N)c1-c1cccc2c1c1cccc(-c3c(C#N)cccc3C#N)c1n2-c1cccc(-c2ccccc2)c1. The molecule has 1 aromatic heterocycles. The molecule has 0 radical (unpaired) electrons. The van der Waals surface area contributed by atoms with Crippen LogP contribution in [0.25, 0.3) is 65.7 Å². The largest absolute Gasteiger partial charge is 0.309 e. The maximum Gasteiger partial charge on any atom is 0.196 e. The molecule has 0 aliphatic heterocycles. The molecule has 45 heavy (non-hydrogen) atoms. The van der Waals surface area contributed by atoms with Crippen LogP contribution < -0.4 is 0 Å². The second kappa shape index (κ2) is 11.1. The maximum atomic E-state index is 10.1. The molecule has 206 valence electrons. The van der Waals surface area contributed by atoms with Crippen LogP contribution in [0.4, 0.5) is 5.69 Å². The summed E-state index contributed by atoms with van der Waals surface area (Å²) in [6.45, 7) is 7.91. The summed E-state index contributed by atoms with van der Waals surface area (Å²) in [7, 11) is 0. The normalized spacial score (nSPS) is 10.6. The van der Waals surface area contributed by atoms with E-state index in [1.807, 2.05) is 66.7 Å². The van der Waals surface area contributed by atoms with Crippen LogP contribution >= 0.6 is 0 Å². The molecule has 0 aliphatic rings. The van der Waals surface area contributed by atoms with E-state index in [4.69, 9.17) is 6.57 Å². The van der Waals surface area contributed by atoms with E-state index >= 15 is 0 Å². The van der Waals surface area contributed by atoms with Crippen LogP contribution in [0, 0.1) is 40.6 Å². The Morgan fingerprint density at radius 3 is 1.87 bits per heavy atom. The number of benzene rings is 6. The highest BCUT2D eigenvalue weighted by Crippen LogP contribution is 2.46. The lowest BCUT2D eigenvalue weighted by atomic mass is 9.91. The lowest BCUT2D eigenvalue weighted by Crippen LogP contribution is -1.98. The van der Waals surface area contributed by atoms with Gasteiger partial charge in [-0.15, -0.1) is 0 Å². The van der Waals surface area contributed by atoms with Crippen LogP contribution in [0.1, 0.15) is 16.7 Å². The molecule has 6 aromatic carbocycles. The standard InChI is InChI=1S/C40H21N5/c1-44-35-20-7-15-30(25-43)38(35)32-17-9-21-36-39(32)34-19-8-18-33(37-28(23-41)13-5-14-29(37)24-42)40(34)45(36)31-16-6-12-27(22-31)26-10-3-2-4-11-26/h2-22H. The van der Waals surface area contributed by atoms with E-state index in [2.05, 4.69) is 51.9 Å². The molecule has 0 saturated carbocycles. The number of aromatic nitrogens is 1. The molecule has 5 nitrogen and oxygen atoms in total. The lowest BCUT2D eigenvalue weighted by Gasteiger charge is -2.14. The van der Waals surface area contributed by atoms with Gasteiger partial charge in [-0.3, -0.25) is 0 Å². The summed E-state index contributed by atoms with van der Waals surface area (Å²) in [5.74, 6) is 0. The quantitative estimate of drug-likeness (QED) is 0.197. The molecule has 7 rings (SSSR count). The van der Waals surface area contributed by atoms with Crippen molar-refractivity contribution in [2.24, 2.45) is 0 Å². The van der Waals surface area contributed by atoms with E-state index in [9.17, 15) is 15.8 Å². The third-order valence-electron chi connectivity index (χ3n) is 8.15. The van der Waals surface area contributed by atoms with Crippen molar-refractivity contribution in [3.63, 3.8) is 0 Å². The van der Waals surface area contributed by atoms with E-state index in [1.165, 1.54) is 0 Å². The van der Waals surface area contributed by atoms with E-state index in [0.717, 1.165) is 49.7 Å². The van der Waals surface area contributed by atoms with E-state index in [1.54, 1.807) is 36.4 Å². The Hall–Kier alpha value is -6.92. The second-order valence-electron chi connectivity index (χ2n) is 10.5. The molecule has 0 fully saturated rings. The van der Waals surface area contributed by atoms with Crippen LogP contribution in [0.15, 0.2) is 127 Å². The number of nitrogens with zero attached hydrogens (tertiary/aromatic N) is 5. The van der Waals surface area contributed by atoms with Gasteiger partial charge in [0.2, 0.25) is 0 Å². The van der Waals surface area contributed by atoms with Gasteiger partial charge in [-0.25, -0.2) is 4.85 Å². The van der Waals surface area contributed by atoms with Gasteiger partial charge in [-0.2, -0.15) is 15.8 Å². The Morgan fingerprint density at radius 2 is 1.16 bits per heavy atom. The Balaban J connectivity index is 1.68. The summed E-state index contributed by atoms with van der Waals surface area (Å²) in [5, 5.41) is 32.1. The minimum atomic E-state index is 0.395. The molecule has 0 spiro atoms. The van der Waals surface area contributed by atoms with Crippen LogP contribution in [0.3, 0.4) is 0 Å². The third kappa shape index (κ3) is 4.29. The summed E-state index contributed by atoms with van der Waals surface area (Å²) in [6, 6.07) is 47.5. The van der Waals surface area contributed by atoms with Gasteiger partial charge < -0.3 is 4.57 Å². The van der Waals surface area contributed by atoms with E-state index in [-0.39, 0.29) is 0 Å². The Kier molecular flexibility index (Phi) is 6.62. The highest BCUT2D eigenvalue weighted by Gasteiger charge is 2.23. The van der Waals surface area contributed by atoms with Gasteiger partial charge in [0.15, 0.2) is 5.69 Å². The molecule has 0 amide bonds. The average Bonchev–Trinajstić information content (AvgIpc) is 3.46. The van der Waals surface area contributed by atoms with Crippen molar-refractivity contribution < 1.29 is 0 Å². The van der Waals surface area contributed by atoms with Gasteiger partial charge in [0, 0.05) is 38.7 Å². The zero-order valence-electron chi connectivity index (χ0n) is 23.9. The number of para-hydroxylation sites is 1. The van der Waals surface area contributed by atoms with Crippen molar-refractivity contribution in [1.82, 2.24) is 4.57 Å². The molecule has 0 N–H and O–H groups in total. The highest BCUT2D eigenvalue weighted by molar-refractivity contribution is 6.20. The Bertz CT molecular complexity index is 2410. The molecule has 0 bridgehead atoms. The minimum absolute atomic E-state index is 0.395. The van der Waals surface area contributed by atoms with Gasteiger partial charge in [0.1, 0.15) is 0 Å². The minimum Gasteiger partial charge on any atom is -0.309 e. The van der Waals surface area contributed by atoms with Crippen molar-refractivity contribution in [3.05, 3.63) is 156 Å². The third-order valence-corrected chi connectivity index (χ3v) is 8.15. The molecular formula is C40H21N5. The first-order valence-corrected chi connectivity index (χ1v) is 14.2. The van der Waals surface area contributed by atoms with Crippen LogP contribution in [-0.2, 0) is 0 Å². The smallest absolute Gasteiger partial charge is 0.196 e. The number of nitriles is 3. The average molecular weight is 572 g/mol. The Labute approximate surface area is 260 Å². The van der Waals surface area contributed by atoms with Crippen LogP contribution in [0.2, 0.25) is 0 Å². The van der Waals surface area contributed by atoms with Crippen molar-refractivity contribution >= 4 is 27.5 Å². The van der Waals surface area contributed by atoms with Gasteiger partial charge in [-0.05, 0) is 53.1 Å². The van der Waals surface area contributed by atoms with Crippen molar-refractivity contribution in [2.75, 3.05) is 0 Å². The molecule has 0 aliphatic carbocycles. The van der Waals surface area contributed by atoms with Crippen molar-refractivity contribution in [2.45, 2.75) is 0 Å². The number of fused-ring (bicyclic) bond motifs is 3. The van der Waals surface area contributed by atoms with Crippen LogP contribution in [0.5, 0.6) is 0 Å². The molecule has 7 aromatic rings. The van der Waals surface area contributed by atoms with Gasteiger partial charge >= 0.3 is 0 Å². The van der Waals surface area contributed by atoms with Crippen LogP contribution in [-0.4, -0.2) is 4.57 Å². The number of hydrogen-bond acceptors (Lipinski definition) is 3. The first kappa shape index (κ1) is 26.9. The summed E-state index contributed by atoms with van der Waals surface area (Å²) in [5.41, 5.74) is 8.99. The van der Waals surface area contributed by atoms with Gasteiger partial charge in [0.05, 0.1) is 46.9 Å². The maximum absolute atomic E-state index is 10.1. The molecule has 1 heterocycles. The number of hydrogen-bond donors (Lipinski definition) is 0. The highest BCUT2D eigenvalue weighted by atomic mass is 15.0. The molecule has 0 atom stereocenters. The Morgan fingerprint density at radius 1 is 0.556 bits per heavy atom. The summed E-state index contributed by atoms with van der Waals surface area (Å²) >= 11 is 0. The topological polar surface area (TPSA) is 80.7 Å². The molecule has 5 heteroatoms. The van der Waals surface area contributed by atoms with Crippen molar-refractivity contribution in [1.29, 1.82) is 15.8 Å². The van der Waals surface area contributed by atoms with Gasteiger partial charge in [0.25, 0.3) is 0 Å². The van der Waals surface area contributed by atoms with Gasteiger partial charge in [-0.1, -0.05) is 91.0 Å². The fourth-order valence-corrected chi connectivity index (χ4v) is 6.29. The predicted molar refractivity (Wildman–Crippen MR) is 177 cm³/mol. The molecular weight excluding hydrogens is 550 g/mol. The predicted octanol–water partition coefficient (Wildman–Crippen LogP) is 9.95. The second-order valence-corrected chi connectivity index (χ2v) is 10.5. The van der Waals surface area contributed by atoms with Crippen molar-refractivity contribution in [3.8, 4) is 57.3 Å². The fraction of sp³-hybridized carbons (Fsp3) is 0. The monoisotopic (exact) mass is 571 g/mol. The summed E-state index contributed by atoms with van der Waals surface area (Å²) < 4.78 is 2.16. The summed E-state index contributed by atoms with van der Waals surface area (Å²) in [4.78, 5) is 3.78. The molecule has 0 saturated heterocycles. The first-order valence-electron chi connectivity index (χ1n) is 14.2. The number of rotatable bonds is 4. The van der Waals surface area contributed by atoms with E-state index in [0.29, 0.717) is 33.5 Å². The molecule has 0 unspecified atom stereocenters. The zero-order valence-corrected chi connectivity index (χ0v) is 23.9. The zero-order chi connectivity index (χ0) is 30.9. The first-order chi connectivity index (χ1) is 22.2. The fourth-order valence-electron chi connectivity index (χ4n) is 6.29. The van der Waals surface area contributed by atoms with E-state index < -0.39 is 0 Å². The lowest BCUT2D eigenvalue weighted by molar-refractivity contribution is 1.18.